The van der Waals surface area contributed by atoms with Crippen molar-refractivity contribution >= 4 is 11.7 Å². The molecule has 1 aliphatic heterocycles. The average Bonchev–Trinajstić information content (AvgIpc) is 2.99. The van der Waals surface area contributed by atoms with Gasteiger partial charge in [-0.3, -0.25) is 4.84 Å². The molecule has 0 saturated carbocycles. The Morgan fingerprint density at radius 2 is 1.70 bits per heavy atom. The molecule has 1 fully saturated rings. The van der Waals surface area contributed by atoms with Crippen LogP contribution in [0.3, 0.4) is 0 Å². The summed E-state index contributed by atoms with van der Waals surface area (Å²) in [7, 11) is 0. The van der Waals surface area contributed by atoms with Crippen molar-refractivity contribution in [3.8, 4) is 0 Å². The van der Waals surface area contributed by atoms with E-state index in [-0.39, 0.29) is 12.1 Å². The van der Waals surface area contributed by atoms with E-state index in [4.69, 9.17) is 4.84 Å². The van der Waals surface area contributed by atoms with Gasteiger partial charge in [0.15, 0.2) is 0 Å². The monoisotopic (exact) mass is 268 g/mol. The number of hydroxylamine groups is 2. The maximum Gasteiger partial charge on any atom is 0.346 e. The Balaban J connectivity index is 1.74. The number of nitrogens with one attached hydrogen (secondary N) is 1. The molecule has 2 aromatic carbocycles. The molecule has 2 amide bonds. The molecule has 1 heterocycles. The van der Waals surface area contributed by atoms with Gasteiger partial charge in [0.2, 0.25) is 0 Å². The predicted octanol–water partition coefficient (Wildman–Crippen LogP) is 3.60. The van der Waals surface area contributed by atoms with Gasteiger partial charge in [0.05, 0.1) is 12.6 Å². The molecular formula is C16H16N2O2. The normalized spacial score (nSPS) is 18.0. The zero-order chi connectivity index (χ0) is 13.8. The number of carbonyl (C=O) groups excluding carboxylic acids is 1. The molecule has 0 bridgehead atoms. The fourth-order valence-electron chi connectivity index (χ4n) is 2.35. The smallest absolute Gasteiger partial charge is 0.306 e. The minimum Gasteiger partial charge on any atom is -0.306 e. The van der Waals surface area contributed by atoms with Crippen molar-refractivity contribution in [2.75, 3.05) is 11.9 Å². The van der Waals surface area contributed by atoms with Crippen molar-refractivity contribution in [2.24, 2.45) is 0 Å². The van der Waals surface area contributed by atoms with Gasteiger partial charge in [-0.25, -0.2) is 4.79 Å². The van der Waals surface area contributed by atoms with Crippen molar-refractivity contribution in [1.29, 1.82) is 0 Å². The second kappa shape index (κ2) is 5.75. The Morgan fingerprint density at radius 3 is 2.40 bits per heavy atom. The molecule has 4 heteroatoms. The molecule has 1 unspecified atom stereocenters. The number of rotatable bonds is 2. The zero-order valence-corrected chi connectivity index (χ0v) is 11.0. The zero-order valence-electron chi connectivity index (χ0n) is 11.0. The Bertz CT molecular complexity index is 572. The fraction of sp³-hybridized carbons (Fsp3) is 0.188. The van der Waals surface area contributed by atoms with Crippen LogP contribution in [0.5, 0.6) is 0 Å². The largest absolute Gasteiger partial charge is 0.346 e. The molecular weight excluding hydrogens is 252 g/mol. The number of amides is 2. The van der Waals surface area contributed by atoms with Crippen LogP contribution < -0.4 is 5.32 Å². The van der Waals surface area contributed by atoms with Gasteiger partial charge in [0.25, 0.3) is 0 Å². The van der Waals surface area contributed by atoms with Crippen molar-refractivity contribution in [1.82, 2.24) is 5.06 Å². The first-order chi connectivity index (χ1) is 9.84. The third-order valence-corrected chi connectivity index (χ3v) is 3.31. The molecule has 0 spiro atoms. The molecule has 4 nitrogen and oxygen atoms in total. The lowest BCUT2D eigenvalue weighted by molar-refractivity contribution is -0.0829. The predicted molar refractivity (Wildman–Crippen MR) is 77.1 cm³/mol. The van der Waals surface area contributed by atoms with E-state index in [1.165, 1.54) is 5.06 Å². The van der Waals surface area contributed by atoms with E-state index < -0.39 is 0 Å². The summed E-state index contributed by atoms with van der Waals surface area (Å²) in [5.74, 6) is 0. The van der Waals surface area contributed by atoms with Gasteiger partial charge in [-0.1, -0.05) is 48.5 Å². The summed E-state index contributed by atoms with van der Waals surface area (Å²) in [5.41, 5.74) is 1.85. The third-order valence-electron chi connectivity index (χ3n) is 3.31. The number of para-hydroxylation sites is 1. The minimum absolute atomic E-state index is 0.0279. The second-order valence-electron chi connectivity index (χ2n) is 4.67. The van der Waals surface area contributed by atoms with Crippen LogP contribution >= 0.6 is 0 Å². The molecule has 0 aliphatic carbocycles. The highest BCUT2D eigenvalue weighted by atomic mass is 16.7. The number of nitrogens with zero attached hydrogens (tertiary/aromatic N) is 1. The van der Waals surface area contributed by atoms with Gasteiger partial charge in [-0.2, -0.15) is 5.06 Å². The second-order valence-corrected chi connectivity index (χ2v) is 4.67. The lowest BCUT2D eigenvalue weighted by Crippen LogP contribution is -2.33. The summed E-state index contributed by atoms with van der Waals surface area (Å²) in [6.07, 6.45) is 0.812. The number of hydrogen-bond acceptors (Lipinski definition) is 2. The summed E-state index contributed by atoms with van der Waals surface area (Å²) in [5, 5.41) is 4.28. The molecule has 2 aromatic rings. The van der Waals surface area contributed by atoms with Crippen LogP contribution in [0.2, 0.25) is 0 Å². The Morgan fingerprint density at radius 1 is 1.05 bits per heavy atom. The molecule has 1 saturated heterocycles. The average molecular weight is 268 g/mol. The molecule has 1 aliphatic rings. The van der Waals surface area contributed by atoms with Gasteiger partial charge in [0, 0.05) is 12.1 Å². The topological polar surface area (TPSA) is 41.6 Å². The van der Waals surface area contributed by atoms with Crippen molar-refractivity contribution < 1.29 is 9.63 Å². The fourth-order valence-corrected chi connectivity index (χ4v) is 2.35. The lowest BCUT2D eigenvalue weighted by atomic mass is 10.1. The van der Waals surface area contributed by atoms with E-state index in [0.29, 0.717) is 6.61 Å². The van der Waals surface area contributed by atoms with Crippen LogP contribution in [0.25, 0.3) is 0 Å². The van der Waals surface area contributed by atoms with Crippen molar-refractivity contribution in [2.45, 2.75) is 12.5 Å². The Kier molecular flexibility index (Phi) is 3.65. The first-order valence-electron chi connectivity index (χ1n) is 6.68. The summed E-state index contributed by atoms with van der Waals surface area (Å²) in [4.78, 5) is 17.8. The van der Waals surface area contributed by atoms with E-state index in [1.807, 2.05) is 60.7 Å². The van der Waals surface area contributed by atoms with E-state index in [1.54, 1.807) is 0 Å². The first-order valence-corrected chi connectivity index (χ1v) is 6.68. The molecule has 102 valence electrons. The number of anilines is 1. The molecule has 1 atom stereocenters. The highest BCUT2D eigenvalue weighted by Gasteiger charge is 2.31. The van der Waals surface area contributed by atoms with Gasteiger partial charge < -0.3 is 5.32 Å². The van der Waals surface area contributed by atoms with Crippen LogP contribution in [0, 0.1) is 0 Å². The van der Waals surface area contributed by atoms with Crippen LogP contribution in [-0.4, -0.2) is 17.7 Å². The van der Waals surface area contributed by atoms with Crippen molar-refractivity contribution in [3.63, 3.8) is 0 Å². The van der Waals surface area contributed by atoms with Crippen LogP contribution in [0.4, 0.5) is 10.5 Å². The first kappa shape index (κ1) is 12.7. The maximum atomic E-state index is 12.3. The Labute approximate surface area is 117 Å². The highest BCUT2D eigenvalue weighted by Crippen LogP contribution is 2.30. The van der Waals surface area contributed by atoms with E-state index in [2.05, 4.69) is 5.32 Å². The summed E-state index contributed by atoms with van der Waals surface area (Å²) in [6, 6.07) is 19.1. The van der Waals surface area contributed by atoms with Gasteiger partial charge in [-0.05, 0) is 17.7 Å². The van der Waals surface area contributed by atoms with Gasteiger partial charge in [-0.15, -0.1) is 0 Å². The van der Waals surface area contributed by atoms with Gasteiger partial charge >= 0.3 is 6.03 Å². The third kappa shape index (κ3) is 2.65. The number of hydrogen-bond donors (Lipinski definition) is 1. The van der Waals surface area contributed by atoms with E-state index >= 15 is 0 Å². The molecule has 0 aromatic heterocycles. The summed E-state index contributed by atoms with van der Waals surface area (Å²) < 4.78 is 0. The number of carbonyl (C=O) groups is 1. The summed E-state index contributed by atoms with van der Waals surface area (Å²) in [6.45, 7) is 0.557. The number of benzene rings is 2. The SMILES string of the molecule is O=C(Nc1ccccc1)N1OCCC1c1ccccc1. The number of urea groups is 1. The van der Waals surface area contributed by atoms with Crippen molar-refractivity contribution in [3.05, 3.63) is 66.2 Å². The minimum atomic E-state index is -0.234. The Hall–Kier alpha value is -2.33. The molecule has 1 N–H and O–H groups in total. The van der Waals surface area contributed by atoms with Gasteiger partial charge in [0.1, 0.15) is 0 Å². The molecule has 3 rings (SSSR count). The summed E-state index contributed by atoms with van der Waals surface area (Å²) >= 11 is 0. The van der Waals surface area contributed by atoms with E-state index in [9.17, 15) is 4.79 Å². The quantitative estimate of drug-likeness (QED) is 0.904. The van der Waals surface area contributed by atoms with Crippen LogP contribution in [-0.2, 0) is 4.84 Å². The highest BCUT2D eigenvalue weighted by molar-refractivity contribution is 5.88. The molecule has 0 radical (unpaired) electrons. The maximum absolute atomic E-state index is 12.3. The van der Waals surface area contributed by atoms with Crippen LogP contribution in [0.15, 0.2) is 60.7 Å². The standard InChI is InChI=1S/C16H16N2O2/c19-16(17-14-9-5-2-6-10-14)18-15(11-12-20-18)13-7-3-1-4-8-13/h1-10,15H,11-12H2,(H,17,19). The van der Waals surface area contributed by atoms with E-state index in [0.717, 1.165) is 17.7 Å². The lowest BCUT2D eigenvalue weighted by Gasteiger charge is -2.23. The molecule has 20 heavy (non-hydrogen) atoms. The van der Waals surface area contributed by atoms with Crippen LogP contribution in [0.1, 0.15) is 18.0 Å².